The highest BCUT2D eigenvalue weighted by Gasteiger charge is 2.25. The van der Waals surface area contributed by atoms with Crippen molar-refractivity contribution in [3.05, 3.63) is 59.7 Å². The van der Waals surface area contributed by atoms with Gasteiger partial charge in [0.15, 0.2) is 0 Å². The molecule has 2 aromatic carbocycles. The first-order valence-corrected chi connectivity index (χ1v) is 12.1. The van der Waals surface area contributed by atoms with Crippen LogP contribution in [-0.4, -0.2) is 29.2 Å². The highest BCUT2D eigenvalue weighted by Crippen LogP contribution is 2.43. The lowest BCUT2D eigenvalue weighted by Gasteiger charge is -2.24. The number of para-hydroxylation sites is 1. The summed E-state index contributed by atoms with van der Waals surface area (Å²) in [5.74, 6) is 2.58. The van der Waals surface area contributed by atoms with Crippen LogP contribution in [0.15, 0.2) is 53.4 Å². The number of carbonyl (C=O) groups is 1. The van der Waals surface area contributed by atoms with Crippen molar-refractivity contribution in [2.45, 2.75) is 34.5 Å². The number of nitrogens with zero attached hydrogens (tertiary/aromatic N) is 1. The molecule has 26 heavy (non-hydrogen) atoms. The zero-order chi connectivity index (χ0) is 17.9. The second-order valence-electron chi connectivity index (χ2n) is 6.69. The van der Waals surface area contributed by atoms with Crippen LogP contribution in [0.1, 0.15) is 40.3 Å². The van der Waals surface area contributed by atoms with Gasteiger partial charge < -0.3 is 4.90 Å². The number of benzene rings is 2. The second-order valence-corrected chi connectivity index (χ2v) is 10.9. The fourth-order valence-corrected chi connectivity index (χ4v) is 7.32. The summed E-state index contributed by atoms with van der Waals surface area (Å²) in [5.41, 5.74) is 3.17. The lowest BCUT2D eigenvalue weighted by molar-refractivity contribution is 0.0986. The molecule has 2 heterocycles. The van der Waals surface area contributed by atoms with Crippen molar-refractivity contribution in [2.75, 3.05) is 23.0 Å². The first kappa shape index (κ1) is 18.3. The monoisotopic (exact) mass is 401 g/mol. The normalized spacial score (nSPS) is 21.1. The van der Waals surface area contributed by atoms with Crippen LogP contribution in [0.2, 0.25) is 0 Å². The molecule has 0 N–H and O–H groups in total. The Kier molecular flexibility index (Phi) is 5.87. The Morgan fingerprint density at radius 3 is 2.54 bits per heavy atom. The Morgan fingerprint density at radius 1 is 1.04 bits per heavy atom. The second kappa shape index (κ2) is 8.32. The lowest BCUT2D eigenvalue weighted by atomic mass is 10.1. The van der Waals surface area contributed by atoms with Crippen molar-refractivity contribution in [1.82, 2.24) is 0 Å². The summed E-state index contributed by atoms with van der Waals surface area (Å²) in [6.07, 6.45) is 2.31. The van der Waals surface area contributed by atoms with Gasteiger partial charge in [-0.15, -0.1) is 35.3 Å². The van der Waals surface area contributed by atoms with Crippen LogP contribution in [0, 0.1) is 0 Å². The van der Waals surface area contributed by atoms with Crippen molar-refractivity contribution in [1.29, 1.82) is 0 Å². The molecule has 4 rings (SSSR count). The molecular weight excluding hydrogens is 378 g/mol. The van der Waals surface area contributed by atoms with Gasteiger partial charge in [0.2, 0.25) is 0 Å². The maximum atomic E-state index is 13.2. The molecule has 1 fully saturated rings. The Morgan fingerprint density at radius 2 is 1.77 bits per heavy atom. The third-order valence-electron chi connectivity index (χ3n) is 4.75. The van der Waals surface area contributed by atoms with Gasteiger partial charge in [-0.3, -0.25) is 4.79 Å². The maximum absolute atomic E-state index is 13.2. The molecule has 0 radical (unpaired) electrons. The summed E-state index contributed by atoms with van der Waals surface area (Å²) in [4.78, 5) is 16.4. The largest absolute Gasteiger partial charge is 0.307 e. The van der Waals surface area contributed by atoms with Crippen LogP contribution < -0.4 is 4.90 Å². The predicted molar refractivity (Wildman–Crippen MR) is 117 cm³/mol. The molecule has 1 saturated heterocycles. The Hall–Kier alpha value is -1.04. The summed E-state index contributed by atoms with van der Waals surface area (Å²) < 4.78 is 0.518. The highest BCUT2D eigenvalue weighted by molar-refractivity contribution is 8.16. The molecule has 0 spiro atoms. The average molecular weight is 402 g/mol. The van der Waals surface area contributed by atoms with Crippen LogP contribution in [0.25, 0.3) is 0 Å². The minimum atomic E-state index is 0.114. The van der Waals surface area contributed by atoms with E-state index in [9.17, 15) is 4.79 Å². The van der Waals surface area contributed by atoms with Gasteiger partial charge in [0.1, 0.15) is 0 Å². The van der Waals surface area contributed by atoms with E-state index in [2.05, 4.69) is 37.3 Å². The third-order valence-corrected chi connectivity index (χ3v) is 9.00. The molecule has 2 aliphatic rings. The molecule has 2 aliphatic heterocycles. The SMILES string of the molecule is CC1CCN(C(=O)c2ccc(C3SCCCS3)cc2)c2ccccc2S1. The van der Waals surface area contributed by atoms with Crippen LogP contribution in [0.5, 0.6) is 0 Å². The van der Waals surface area contributed by atoms with Gasteiger partial charge in [-0.05, 0) is 54.2 Å². The summed E-state index contributed by atoms with van der Waals surface area (Å²) in [7, 11) is 0. The molecule has 1 atom stereocenters. The zero-order valence-corrected chi connectivity index (χ0v) is 17.3. The number of fused-ring (bicyclic) bond motifs is 1. The molecule has 0 bridgehead atoms. The molecule has 2 aromatic rings. The van der Waals surface area contributed by atoms with E-state index in [0.717, 1.165) is 24.2 Å². The van der Waals surface area contributed by atoms with Gasteiger partial charge >= 0.3 is 0 Å². The minimum absolute atomic E-state index is 0.114. The van der Waals surface area contributed by atoms with E-state index in [1.54, 1.807) is 0 Å². The number of anilines is 1. The Balaban J connectivity index is 1.57. The van der Waals surface area contributed by atoms with E-state index >= 15 is 0 Å². The lowest BCUT2D eigenvalue weighted by Crippen LogP contribution is -2.32. The summed E-state index contributed by atoms with van der Waals surface area (Å²) in [6, 6.07) is 16.6. The van der Waals surface area contributed by atoms with Gasteiger partial charge in [-0.1, -0.05) is 31.2 Å². The maximum Gasteiger partial charge on any atom is 0.258 e. The van der Waals surface area contributed by atoms with Crippen molar-refractivity contribution in [3.8, 4) is 0 Å². The molecule has 2 nitrogen and oxygen atoms in total. The standard InChI is InChI=1S/C21H23NOS3/c1-15-11-12-22(18-5-2-3-6-19(18)26-15)20(23)16-7-9-17(10-8-16)21-24-13-4-14-25-21/h2-3,5-10,15,21H,4,11-14H2,1H3. The predicted octanol–water partition coefficient (Wildman–Crippen LogP) is 6.09. The van der Waals surface area contributed by atoms with E-state index in [4.69, 9.17) is 0 Å². The fourth-order valence-electron chi connectivity index (χ4n) is 3.32. The minimum Gasteiger partial charge on any atom is -0.307 e. The number of carbonyl (C=O) groups excluding carboxylic acids is 1. The average Bonchev–Trinajstić information content (AvgIpc) is 2.86. The van der Waals surface area contributed by atoms with Gasteiger partial charge in [-0.25, -0.2) is 0 Å². The number of hydrogen-bond donors (Lipinski definition) is 0. The molecule has 1 unspecified atom stereocenters. The molecule has 0 aliphatic carbocycles. The molecule has 0 aromatic heterocycles. The third kappa shape index (κ3) is 3.95. The smallest absolute Gasteiger partial charge is 0.258 e. The van der Waals surface area contributed by atoms with Crippen molar-refractivity contribution < 1.29 is 4.79 Å². The zero-order valence-electron chi connectivity index (χ0n) is 14.9. The Labute approximate surface area is 168 Å². The molecule has 0 saturated carbocycles. The topological polar surface area (TPSA) is 20.3 Å². The Bertz CT molecular complexity index is 771. The van der Waals surface area contributed by atoms with Crippen molar-refractivity contribution in [2.24, 2.45) is 0 Å². The van der Waals surface area contributed by atoms with Crippen LogP contribution in [0.3, 0.4) is 0 Å². The van der Waals surface area contributed by atoms with E-state index in [-0.39, 0.29) is 5.91 Å². The van der Waals surface area contributed by atoms with Gasteiger partial charge in [0.05, 0.1) is 10.3 Å². The molecule has 136 valence electrons. The van der Waals surface area contributed by atoms with E-state index in [1.807, 2.05) is 58.4 Å². The number of hydrogen-bond acceptors (Lipinski definition) is 4. The van der Waals surface area contributed by atoms with Crippen LogP contribution in [0.4, 0.5) is 5.69 Å². The van der Waals surface area contributed by atoms with Crippen molar-refractivity contribution >= 4 is 46.9 Å². The molecular formula is C21H23NOS3. The van der Waals surface area contributed by atoms with E-state index in [0.29, 0.717) is 9.83 Å². The van der Waals surface area contributed by atoms with E-state index in [1.165, 1.54) is 28.4 Å². The van der Waals surface area contributed by atoms with Gasteiger partial charge in [0, 0.05) is 22.3 Å². The van der Waals surface area contributed by atoms with Gasteiger partial charge in [-0.2, -0.15) is 0 Å². The number of thioether (sulfide) groups is 3. The number of rotatable bonds is 2. The first-order valence-electron chi connectivity index (χ1n) is 9.13. The fraction of sp³-hybridized carbons (Fsp3) is 0.381. The van der Waals surface area contributed by atoms with Crippen LogP contribution in [-0.2, 0) is 0 Å². The summed E-state index contributed by atoms with van der Waals surface area (Å²) >= 11 is 5.91. The molecule has 5 heteroatoms. The van der Waals surface area contributed by atoms with E-state index < -0.39 is 0 Å². The van der Waals surface area contributed by atoms with Crippen LogP contribution >= 0.6 is 35.3 Å². The quantitative estimate of drug-likeness (QED) is 0.607. The summed E-state index contributed by atoms with van der Waals surface area (Å²) in [5, 5.41) is 0.525. The molecule has 1 amide bonds. The number of amides is 1. The van der Waals surface area contributed by atoms with Gasteiger partial charge in [0.25, 0.3) is 5.91 Å². The highest BCUT2D eigenvalue weighted by atomic mass is 32.2. The summed E-state index contributed by atoms with van der Waals surface area (Å²) in [6.45, 7) is 3.02. The van der Waals surface area contributed by atoms with Crippen molar-refractivity contribution in [3.63, 3.8) is 0 Å². The first-order chi connectivity index (χ1) is 12.7.